The molecule has 6 nitrogen and oxygen atoms in total. The molecule has 1 N–H and O–H groups in total. The van der Waals surface area contributed by atoms with Gasteiger partial charge in [0.2, 0.25) is 0 Å². The predicted octanol–water partition coefficient (Wildman–Crippen LogP) is 3.17. The van der Waals surface area contributed by atoms with Crippen LogP contribution >= 0.6 is 11.3 Å². The van der Waals surface area contributed by atoms with Crippen molar-refractivity contribution >= 4 is 17.3 Å². The van der Waals surface area contributed by atoms with Crippen molar-refractivity contribution in [1.82, 2.24) is 10.2 Å². The van der Waals surface area contributed by atoms with Crippen LogP contribution in [0.25, 0.3) is 10.8 Å². The van der Waals surface area contributed by atoms with Crippen molar-refractivity contribution in [2.45, 2.75) is 50.7 Å². The second-order valence-corrected chi connectivity index (χ2v) is 8.97. The molecule has 0 aromatic carbocycles. The maximum Gasteiger partial charge on any atom is 0.312 e. The van der Waals surface area contributed by atoms with Crippen LogP contribution in [-0.2, 0) is 16.1 Å². The van der Waals surface area contributed by atoms with Gasteiger partial charge in [0.05, 0.1) is 15.9 Å². The first-order valence-electron chi connectivity index (χ1n) is 8.80. The number of hydrogen-bond donors (Lipinski definition) is 1. The second-order valence-electron chi connectivity index (χ2n) is 8.02. The first kappa shape index (κ1) is 15.5. The van der Waals surface area contributed by atoms with Crippen LogP contribution in [0.4, 0.5) is 0 Å². The summed E-state index contributed by atoms with van der Waals surface area (Å²) in [5.74, 6) is 1.45. The Morgan fingerprint density at radius 2 is 2.12 bits per heavy atom. The summed E-state index contributed by atoms with van der Waals surface area (Å²) in [6.45, 7) is -0.00722. The zero-order chi connectivity index (χ0) is 17.1. The molecule has 2 aromatic heterocycles. The minimum Gasteiger partial charge on any atom is -0.455 e. The number of ether oxygens (including phenoxy) is 1. The van der Waals surface area contributed by atoms with Crippen molar-refractivity contribution in [1.29, 1.82) is 0 Å². The average Bonchev–Trinajstić information content (AvgIpc) is 3.21. The lowest BCUT2D eigenvalue weighted by Crippen LogP contribution is -2.58. The molecule has 6 rings (SSSR count). The average molecular weight is 360 g/mol. The zero-order valence-electron chi connectivity index (χ0n) is 13.8. The number of nitrogens with zero attached hydrogens (tertiary/aromatic N) is 2. The van der Waals surface area contributed by atoms with E-state index in [0.717, 1.165) is 37.0 Å². The first-order chi connectivity index (χ1) is 12.0. The van der Waals surface area contributed by atoms with E-state index in [-0.39, 0.29) is 12.6 Å². The van der Waals surface area contributed by atoms with Gasteiger partial charge in [-0.2, -0.15) is 0 Å². The molecule has 4 aliphatic carbocycles. The summed E-state index contributed by atoms with van der Waals surface area (Å²) in [5, 5.41) is 20.7. The fourth-order valence-electron chi connectivity index (χ4n) is 5.55. The van der Waals surface area contributed by atoms with Crippen LogP contribution in [0.15, 0.2) is 21.9 Å². The first-order valence-corrected chi connectivity index (χ1v) is 9.68. The number of carbonyl (C=O) groups excluding carboxylic acids is 1. The van der Waals surface area contributed by atoms with Gasteiger partial charge in [-0.3, -0.25) is 4.79 Å². The van der Waals surface area contributed by atoms with Gasteiger partial charge in [0.15, 0.2) is 6.61 Å². The van der Waals surface area contributed by atoms with Crippen LogP contribution in [0.5, 0.6) is 0 Å². The lowest BCUT2D eigenvalue weighted by Gasteiger charge is -2.58. The molecule has 0 amide bonds. The lowest BCUT2D eigenvalue weighted by molar-refractivity contribution is -0.197. The lowest BCUT2D eigenvalue weighted by atomic mass is 9.48. The van der Waals surface area contributed by atoms with Crippen molar-refractivity contribution in [3.63, 3.8) is 0 Å². The standard InChI is InChI=1S/C18H20N2O4S/c21-16(17-5-11-4-12(6-17)8-18(22,7-11)10-17)23-9-14-19-20-15(24-14)13-2-1-3-25-13/h1-3,11-12,22H,4-10H2. The molecule has 0 aliphatic heterocycles. The highest BCUT2D eigenvalue weighted by Crippen LogP contribution is 2.62. The van der Waals surface area contributed by atoms with E-state index in [2.05, 4.69) is 10.2 Å². The maximum absolute atomic E-state index is 12.8. The fraction of sp³-hybridized carbons (Fsp3) is 0.611. The summed E-state index contributed by atoms with van der Waals surface area (Å²) < 4.78 is 11.1. The summed E-state index contributed by atoms with van der Waals surface area (Å²) in [5.41, 5.74) is -1.19. The quantitative estimate of drug-likeness (QED) is 0.843. The molecule has 7 heteroatoms. The molecule has 4 aliphatic rings. The Morgan fingerprint density at radius 1 is 1.32 bits per heavy atom. The highest BCUT2D eigenvalue weighted by molar-refractivity contribution is 7.13. The number of carbonyl (C=O) groups is 1. The summed E-state index contributed by atoms with van der Waals surface area (Å²) in [6.07, 6.45) is 5.05. The minimum atomic E-state index is -0.667. The van der Waals surface area contributed by atoms with Crippen LogP contribution in [0.2, 0.25) is 0 Å². The molecule has 0 spiro atoms. The molecule has 4 fully saturated rings. The van der Waals surface area contributed by atoms with E-state index in [1.807, 2.05) is 17.5 Å². The highest BCUT2D eigenvalue weighted by Gasteiger charge is 2.60. The van der Waals surface area contributed by atoms with Crippen molar-refractivity contribution in [3.8, 4) is 10.8 Å². The molecule has 0 radical (unpaired) electrons. The van der Waals surface area contributed by atoms with Gasteiger partial charge in [-0.15, -0.1) is 21.5 Å². The van der Waals surface area contributed by atoms with Gasteiger partial charge in [0.25, 0.3) is 11.8 Å². The largest absolute Gasteiger partial charge is 0.455 e. The molecule has 2 aromatic rings. The Hall–Kier alpha value is -1.73. The molecule has 132 valence electrons. The van der Waals surface area contributed by atoms with Crippen molar-refractivity contribution < 1.29 is 19.1 Å². The number of thiophene rings is 1. The molecule has 2 heterocycles. The number of esters is 1. The SMILES string of the molecule is O=C(OCc1nnc(-c2cccs2)o1)C12CC3CC(CC(O)(C3)C1)C2. The van der Waals surface area contributed by atoms with E-state index in [9.17, 15) is 9.90 Å². The van der Waals surface area contributed by atoms with Crippen molar-refractivity contribution in [3.05, 3.63) is 23.4 Å². The number of aliphatic hydroxyl groups is 1. The molecular weight excluding hydrogens is 340 g/mol. The van der Waals surface area contributed by atoms with Crippen LogP contribution in [0.3, 0.4) is 0 Å². The molecule has 2 unspecified atom stereocenters. The van der Waals surface area contributed by atoms with Gasteiger partial charge in [-0.1, -0.05) is 6.07 Å². The smallest absolute Gasteiger partial charge is 0.312 e. The zero-order valence-corrected chi connectivity index (χ0v) is 14.6. The minimum absolute atomic E-state index is 0.00722. The number of aromatic nitrogens is 2. The Balaban J connectivity index is 1.28. The Kier molecular flexibility index (Phi) is 3.34. The van der Waals surface area contributed by atoms with Crippen LogP contribution in [-0.4, -0.2) is 26.9 Å². The van der Waals surface area contributed by atoms with Gasteiger partial charge >= 0.3 is 5.97 Å². The Bertz CT molecular complexity index is 786. The van der Waals surface area contributed by atoms with E-state index in [0.29, 0.717) is 30.0 Å². The third-order valence-corrected chi connectivity index (χ3v) is 6.85. The Morgan fingerprint density at radius 3 is 2.80 bits per heavy atom. The van der Waals surface area contributed by atoms with E-state index in [1.165, 1.54) is 11.3 Å². The topological polar surface area (TPSA) is 85.5 Å². The van der Waals surface area contributed by atoms with E-state index < -0.39 is 11.0 Å². The molecule has 0 saturated heterocycles. The molecule has 4 bridgehead atoms. The van der Waals surface area contributed by atoms with E-state index in [4.69, 9.17) is 9.15 Å². The van der Waals surface area contributed by atoms with Crippen LogP contribution in [0, 0.1) is 17.3 Å². The normalized spacial score (nSPS) is 35.9. The molecular formula is C18H20N2O4S. The maximum atomic E-state index is 12.8. The van der Waals surface area contributed by atoms with E-state index in [1.54, 1.807) is 0 Å². The summed E-state index contributed by atoms with van der Waals surface area (Å²) in [7, 11) is 0. The van der Waals surface area contributed by atoms with Crippen LogP contribution in [0.1, 0.15) is 44.4 Å². The van der Waals surface area contributed by atoms with Gasteiger partial charge in [0, 0.05) is 0 Å². The van der Waals surface area contributed by atoms with Gasteiger partial charge < -0.3 is 14.3 Å². The van der Waals surface area contributed by atoms with Crippen LogP contribution < -0.4 is 0 Å². The van der Waals surface area contributed by atoms with Gasteiger partial charge in [-0.05, 0) is 61.8 Å². The van der Waals surface area contributed by atoms with Gasteiger partial charge in [-0.25, -0.2) is 0 Å². The fourth-order valence-corrected chi connectivity index (χ4v) is 6.19. The third-order valence-electron chi connectivity index (χ3n) is 5.99. The van der Waals surface area contributed by atoms with E-state index >= 15 is 0 Å². The van der Waals surface area contributed by atoms with Crippen molar-refractivity contribution in [2.24, 2.45) is 17.3 Å². The monoisotopic (exact) mass is 360 g/mol. The summed E-state index contributed by atoms with van der Waals surface area (Å²) in [4.78, 5) is 13.7. The summed E-state index contributed by atoms with van der Waals surface area (Å²) >= 11 is 1.52. The molecule has 4 saturated carbocycles. The second kappa shape index (κ2) is 5.38. The summed E-state index contributed by atoms with van der Waals surface area (Å²) in [6, 6.07) is 3.83. The van der Waals surface area contributed by atoms with Gasteiger partial charge in [0.1, 0.15) is 0 Å². The number of hydrogen-bond acceptors (Lipinski definition) is 7. The molecule has 2 atom stereocenters. The molecule has 25 heavy (non-hydrogen) atoms. The Labute approximate surface area is 149 Å². The third kappa shape index (κ3) is 2.60. The van der Waals surface area contributed by atoms with Crippen molar-refractivity contribution in [2.75, 3.05) is 0 Å². The number of rotatable bonds is 4. The highest BCUT2D eigenvalue weighted by atomic mass is 32.1. The predicted molar refractivity (Wildman–Crippen MR) is 89.5 cm³/mol.